The number of hydrogen-bond donors (Lipinski definition) is 2. The summed E-state index contributed by atoms with van der Waals surface area (Å²) in [5.74, 6) is -0.819. The molecule has 0 bridgehead atoms. The summed E-state index contributed by atoms with van der Waals surface area (Å²) in [4.78, 5) is 42.1. The van der Waals surface area contributed by atoms with Crippen molar-refractivity contribution in [1.29, 1.82) is 0 Å². The number of nitrogens with zero attached hydrogens (tertiary/aromatic N) is 2. The van der Waals surface area contributed by atoms with Crippen LogP contribution in [-0.2, 0) is 22.5 Å². The Bertz CT molecular complexity index is 1360. The fourth-order valence-corrected chi connectivity index (χ4v) is 5.48. The Morgan fingerprint density at radius 1 is 1.00 bits per heavy atom. The fourth-order valence-electron chi connectivity index (χ4n) is 5.48. The number of nitrogens with one attached hydrogen (secondary N) is 2. The first-order chi connectivity index (χ1) is 19.4. The Morgan fingerprint density at radius 3 is 2.35 bits per heavy atom. The summed E-state index contributed by atoms with van der Waals surface area (Å²) in [6.07, 6.45) is 1.54. The Morgan fingerprint density at radius 2 is 1.68 bits per heavy atom. The van der Waals surface area contributed by atoms with E-state index in [0.29, 0.717) is 55.8 Å². The summed E-state index contributed by atoms with van der Waals surface area (Å²) in [5, 5.41) is 6.46. The number of halogens is 1. The van der Waals surface area contributed by atoms with Crippen molar-refractivity contribution in [2.75, 3.05) is 25.0 Å². The molecular weight excluding hydrogens is 511 g/mol. The van der Waals surface area contributed by atoms with Crippen LogP contribution in [0.1, 0.15) is 41.3 Å². The summed E-state index contributed by atoms with van der Waals surface area (Å²) in [6, 6.07) is 22.2. The second-order valence-electron chi connectivity index (χ2n) is 10.1. The third-order valence-electron chi connectivity index (χ3n) is 7.62. The molecule has 2 N–H and O–H groups in total. The largest absolute Gasteiger partial charge is 0.462 e. The van der Waals surface area contributed by atoms with Crippen LogP contribution in [-0.4, -0.2) is 59.1 Å². The van der Waals surface area contributed by atoms with Gasteiger partial charge in [0.15, 0.2) is 0 Å². The number of carbonyl (C=O) groups excluding carboxylic acids is 3. The van der Waals surface area contributed by atoms with E-state index < -0.39 is 17.7 Å². The molecule has 40 heavy (non-hydrogen) atoms. The van der Waals surface area contributed by atoms with Gasteiger partial charge in [-0.3, -0.25) is 10.1 Å². The topological polar surface area (TPSA) is 91.0 Å². The van der Waals surface area contributed by atoms with Gasteiger partial charge in [0.05, 0.1) is 30.4 Å². The first-order valence-electron chi connectivity index (χ1n) is 13.6. The molecule has 2 aliphatic rings. The second-order valence-corrected chi connectivity index (χ2v) is 10.1. The maximum Gasteiger partial charge on any atom is 0.338 e. The molecule has 208 valence electrons. The zero-order chi connectivity index (χ0) is 28.1. The molecule has 0 radical (unpaired) electrons. The number of benzene rings is 3. The number of hydrogen-bond acceptors (Lipinski definition) is 5. The number of urea groups is 1. The van der Waals surface area contributed by atoms with Crippen molar-refractivity contribution >= 4 is 23.6 Å². The summed E-state index contributed by atoms with van der Waals surface area (Å²) in [7, 11) is 0. The molecule has 8 nitrogen and oxygen atoms in total. The molecule has 1 unspecified atom stereocenters. The average Bonchev–Trinajstić information content (AvgIpc) is 3.20. The van der Waals surface area contributed by atoms with E-state index in [-0.39, 0.29) is 24.3 Å². The quantitative estimate of drug-likeness (QED) is 0.426. The predicted molar refractivity (Wildman–Crippen MR) is 149 cm³/mol. The van der Waals surface area contributed by atoms with Crippen molar-refractivity contribution in [3.8, 4) is 0 Å². The minimum Gasteiger partial charge on any atom is -0.462 e. The van der Waals surface area contributed by atoms with Crippen LogP contribution >= 0.6 is 0 Å². The van der Waals surface area contributed by atoms with Crippen LogP contribution in [0.5, 0.6) is 0 Å². The molecule has 2 saturated heterocycles. The molecule has 0 aromatic heterocycles. The average molecular weight is 545 g/mol. The lowest BCUT2D eigenvalue weighted by molar-refractivity contribution is -0.134. The minimum absolute atomic E-state index is 0.0632. The SMILES string of the molecule is CCOC(=O)c1ccc(NC(=O)N2CCC3(CC2)NC(Cc2ccccc2)C(=O)N3Cc2ccccc2F)cc1. The summed E-state index contributed by atoms with van der Waals surface area (Å²) >= 11 is 0. The zero-order valence-corrected chi connectivity index (χ0v) is 22.4. The zero-order valence-electron chi connectivity index (χ0n) is 22.4. The van der Waals surface area contributed by atoms with Gasteiger partial charge in [-0.1, -0.05) is 48.5 Å². The van der Waals surface area contributed by atoms with E-state index in [1.165, 1.54) is 6.07 Å². The number of ether oxygens (including phenoxy) is 1. The van der Waals surface area contributed by atoms with Crippen LogP contribution in [0.4, 0.5) is 14.9 Å². The monoisotopic (exact) mass is 544 g/mol. The van der Waals surface area contributed by atoms with E-state index in [2.05, 4.69) is 10.6 Å². The number of amides is 3. The number of piperidine rings is 1. The van der Waals surface area contributed by atoms with Gasteiger partial charge in [-0.15, -0.1) is 0 Å². The van der Waals surface area contributed by atoms with E-state index in [4.69, 9.17) is 4.74 Å². The van der Waals surface area contributed by atoms with Crippen LogP contribution in [0.25, 0.3) is 0 Å². The van der Waals surface area contributed by atoms with Crippen LogP contribution in [0, 0.1) is 5.82 Å². The van der Waals surface area contributed by atoms with Gasteiger partial charge in [0.1, 0.15) is 5.82 Å². The maximum atomic E-state index is 14.6. The molecule has 0 aliphatic carbocycles. The van der Waals surface area contributed by atoms with E-state index in [1.54, 1.807) is 59.2 Å². The molecule has 2 aliphatic heterocycles. The van der Waals surface area contributed by atoms with Crippen molar-refractivity contribution in [3.63, 3.8) is 0 Å². The van der Waals surface area contributed by atoms with Crippen molar-refractivity contribution in [3.05, 3.63) is 101 Å². The number of rotatable bonds is 7. The number of likely N-dealkylation sites (tertiary alicyclic amines) is 1. The van der Waals surface area contributed by atoms with Crippen LogP contribution in [0.2, 0.25) is 0 Å². The first kappa shape index (κ1) is 27.3. The maximum absolute atomic E-state index is 14.6. The molecule has 9 heteroatoms. The summed E-state index contributed by atoms with van der Waals surface area (Å²) in [6.45, 7) is 3.02. The molecule has 3 aromatic rings. The smallest absolute Gasteiger partial charge is 0.338 e. The van der Waals surface area contributed by atoms with Crippen molar-refractivity contribution in [2.45, 2.75) is 44.4 Å². The highest BCUT2D eigenvalue weighted by molar-refractivity contribution is 5.92. The molecule has 2 heterocycles. The minimum atomic E-state index is -0.684. The van der Waals surface area contributed by atoms with E-state index in [9.17, 15) is 18.8 Å². The number of esters is 1. The Hall–Kier alpha value is -4.24. The fraction of sp³-hybridized carbons (Fsp3) is 0.323. The summed E-state index contributed by atoms with van der Waals surface area (Å²) < 4.78 is 19.6. The lowest BCUT2D eigenvalue weighted by atomic mass is 9.95. The van der Waals surface area contributed by atoms with E-state index in [0.717, 1.165) is 5.56 Å². The normalized spacial score (nSPS) is 18.1. The number of carbonyl (C=O) groups is 3. The lowest BCUT2D eigenvalue weighted by Crippen LogP contribution is -2.59. The lowest BCUT2D eigenvalue weighted by Gasteiger charge is -2.44. The van der Waals surface area contributed by atoms with Crippen LogP contribution in [0.15, 0.2) is 78.9 Å². The van der Waals surface area contributed by atoms with Gasteiger partial charge in [-0.2, -0.15) is 0 Å². The highest BCUT2D eigenvalue weighted by Crippen LogP contribution is 2.35. The van der Waals surface area contributed by atoms with Crippen LogP contribution < -0.4 is 10.6 Å². The van der Waals surface area contributed by atoms with Gasteiger partial charge >= 0.3 is 12.0 Å². The predicted octanol–water partition coefficient (Wildman–Crippen LogP) is 4.57. The third-order valence-corrected chi connectivity index (χ3v) is 7.62. The van der Waals surface area contributed by atoms with Gasteiger partial charge in [-0.05, 0) is 49.2 Å². The molecule has 3 amide bonds. The number of anilines is 1. The Labute approximate surface area is 233 Å². The van der Waals surface area contributed by atoms with Crippen molar-refractivity contribution in [1.82, 2.24) is 15.1 Å². The van der Waals surface area contributed by atoms with E-state index in [1.807, 2.05) is 30.3 Å². The summed E-state index contributed by atoms with van der Waals surface area (Å²) in [5.41, 5.74) is 1.80. The Kier molecular flexibility index (Phi) is 8.11. The standard InChI is InChI=1S/C31H33FN4O4/c1-2-40-29(38)23-12-14-25(15-13-23)33-30(39)35-18-16-31(17-19-35)34-27(20-22-8-4-3-5-9-22)28(37)36(31)21-24-10-6-7-11-26(24)32/h3-15,27,34H,2,16-21H2,1H3,(H,33,39). The molecule has 2 fully saturated rings. The molecule has 3 aromatic carbocycles. The molecular formula is C31H33FN4O4. The molecule has 0 saturated carbocycles. The molecule has 5 rings (SSSR count). The van der Waals surface area contributed by atoms with Gasteiger partial charge in [0, 0.05) is 37.2 Å². The molecule has 1 spiro atoms. The van der Waals surface area contributed by atoms with Gasteiger partial charge < -0.3 is 19.9 Å². The second kappa shape index (κ2) is 11.9. The third kappa shape index (κ3) is 5.84. The van der Waals surface area contributed by atoms with E-state index >= 15 is 0 Å². The van der Waals surface area contributed by atoms with Crippen molar-refractivity contribution < 1.29 is 23.5 Å². The molecule has 1 atom stereocenters. The first-order valence-corrected chi connectivity index (χ1v) is 13.6. The van der Waals surface area contributed by atoms with Gasteiger partial charge in [-0.25, -0.2) is 14.0 Å². The highest BCUT2D eigenvalue weighted by atomic mass is 19.1. The Balaban J connectivity index is 1.28. The van der Waals surface area contributed by atoms with Crippen LogP contribution in [0.3, 0.4) is 0 Å². The van der Waals surface area contributed by atoms with Crippen molar-refractivity contribution in [2.24, 2.45) is 0 Å². The highest BCUT2D eigenvalue weighted by Gasteiger charge is 2.51. The van der Waals surface area contributed by atoms with Gasteiger partial charge in [0.25, 0.3) is 0 Å². The van der Waals surface area contributed by atoms with Gasteiger partial charge in [0.2, 0.25) is 5.91 Å².